The summed E-state index contributed by atoms with van der Waals surface area (Å²) in [6, 6.07) is 13.3. The molecule has 1 aromatic heterocycles. The van der Waals surface area contributed by atoms with E-state index in [1.54, 1.807) is 28.8 Å². The average molecular weight is 461 g/mol. The number of para-hydroxylation sites is 2. The zero-order valence-corrected chi connectivity index (χ0v) is 18.1. The second kappa shape index (κ2) is 11.3. The number of carbonyl (C=O) groups is 2. The molecular formula is C23H25F2N3O5. The minimum atomic E-state index is -2.88. The van der Waals surface area contributed by atoms with Crippen molar-refractivity contribution in [2.75, 3.05) is 13.2 Å². The van der Waals surface area contributed by atoms with Gasteiger partial charge in [0.25, 0.3) is 5.91 Å². The van der Waals surface area contributed by atoms with Gasteiger partial charge in [-0.05, 0) is 42.7 Å². The highest BCUT2D eigenvalue weighted by Gasteiger charge is 2.16. The molecule has 0 spiro atoms. The van der Waals surface area contributed by atoms with Crippen LogP contribution in [-0.2, 0) is 33.8 Å². The molecule has 0 saturated carbocycles. The predicted molar refractivity (Wildman–Crippen MR) is 117 cm³/mol. The van der Waals surface area contributed by atoms with E-state index in [-0.39, 0.29) is 24.5 Å². The van der Waals surface area contributed by atoms with Gasteiger partial charge < -0.3 is 14.8 Å². The lowest BCUT2D eigenvalue weighted by atomic mass is 10.1. The van der Waals surface area contributed by atoms with Crippen LogP contribution in [0.4, 0.5) is 8.78 Å². The van der Waals surface area contributed by atoms with Crippen LogP contribution in [0, 0.1) is 0 Å². The van der Waals surface area contributed by atoms with Gasteiger partial charge >= 0.3 is 18.3 Å². The van der Waals surface area contributed by atoms with E-state index in [4.69, 9.17) is 4.74 Å². The third-order valence-corrected chi connectivity index (χ3v) is 4.91. The number of nitrogens with one attached hydrogen (secondary N) is 1. The minimum absolute atomic E-state index is 0.0571. The Bertz CT molecular complexity index is 1160. The fourth-order valence-electron chi connectivity index (χ4n) is 3.42. The van der Waals surface area contributed by atoms with Gasteiger partial charge in [-0.2, -0.15) is 8.78 Å². The Balaban J connectivity index is 1.47. The minimum Gasteiger partial charge on any atom is -0.454 e. The molecule has 0 saturated heterocycles. The van der Waals surface area contributed by atoms with Crippen molar-refractivity contribution in [2.24, 2.45) is 0 Å². The molecule has 0 radical (unpaired) electrons. The van der Waals surface area contributed by atoms with Crippen LogP contribution in [0.15, 0.2) is 53.3 Å². The lowest BCUT2D eigenvalue weighted by Crippen LogP contribution is -2.32. The molecule has 0 aliphatic heterocycles. The molecule has 0 atom stereocenters. The van der Waals surface area contributed by atoms with Crippen LogP contribution in [0.1, 0.15) is 18.9 Å². The number of aryl methyl sites for hydroxylation is 1. The summed E-state index contributed by atoms with van der Waals surface area (Å²) in [6.07, 6.45) is 1.23. The first-order chi connectivity index (χ1) is 15.9. The van der Waals surface area contributed by atoms with E-state index in [0.717, 1.165) is 17.5 Å². The highest BCUT2D eigenvalue weighted by molar-refractivity contribution is 5.82. The Kier molecular flexibility index (Phi) is 8.17. The number of carbonyl (C=O) groups excluding carboxylic acids is 2. The number of amides is 1. The van der Waals surface area contributed by atoms with E-state index < -0.39 is 25.1 Å². The van der Waals surface area contributed by atoms with Crippen molar-refractivity contribution in [3.63, 3.8) is 0 Å². The van der Waals surface area contributed by atoms with Crippen LogP contribution < -0.4 is 15.7 Å². The lowest BCUT2D eigenvalue weighted by Gasteiger charge is -2.08. The summed E-state index contributed by atoms with van der Waals surface area (Å²) < 4.78 is 36.6. The van der Waals surface area contributed by atoms with E-state index in [9.17, 15) is 23.2 Å². The van der Waals surface area contributed by atoms with Crippen LogP contribution in [0.2, 0.25) is 0 Å². The molecule has 1 N–H and O–H groups in total. The molecule has 1 amide bonds. The van der Waals surface area contributed by atoms with Gasteiger partial charge in [-0.25, -0.2) is 4.79 Å². The number of benzene rings is 2. The van der Waals surface area contributed by atoms with Crippen molar-refractivity contribution in [1.82, 2.24) is 14.5 Å². The first kappa shape index (κ1) is 24.0. The zero-order valence-electron chi connectivity index (χ0n) is 18.1. The highest BCUT2D eigenvalue weighted by Crippen LogP contribution is 2.15. The van der Waals surface area contributed by atoms with Gasteiger partial charge in [-0.1, -0.05) is 31.2 Å². The second-order valence-electron chi connectivity index (χ2n) is 7.29. The molecule has 10 heteroatoms. The Morgan fingerprint density at radius 3 is 2.33 bits per heavy atom. The van der Waals surface area contributed by atoms with Crippen LogP contribution in [0.25, 0.3) is 11.0 Å². The number of rotatable bonds is 11. The van der Waals surface area contributed by atoms with Gasteiger partial charge in [0.15, 0.2) is 6.61 Å². The Labute approximate surface area is 188 Å². The van der Waals surface area contributed by atoms with Gasteiger partial charge in [0.2, 0.25) is 0 Å². The molecule has 0 bridgehead atoms. The number of halogens is 2. The standard InChI is InChI=1S/C23H25F2N3O5/c1-2-13-27-18-5-3-4-6-19(18)28(23(27)31)14-21(30)32-15-20(29)26-12-11-16-7-9-17(10-8-16)33-22(24)25/h3-10,22H,2,11-15H2,1H3,(H,26,29). The maximum absolute atomic E-state index is 12.7. The summed E-state index contributed by atoms with van der Waals surface area (Å²) in [4.78, 5) is 36.9. The summed E-state index contributed by atoms with van der Waals surface area (Å²) in [5.41, 5.74) is 1.88. The van der Waals surface area contributed by atoms with Gasteiger partial charge in [-0.3, -0.25) is 18.7 Å². The zero-order chi connectivity index (χ0) is 23.8. The average Bonchev–Trinajstić information content (AvgIpc) is 3.05. The number of nitrogens with zero attached hydrogens (tertiary/aromatic N) is 2. The number of esters is 1. The third-order valence-electron chi connectivity index (χ3n) is 4.91. The Morgan fingerprint density at radius 2 is 1.70 bits per heavy atom. The smallest absolute Gasteiger partial charge is 0.387 e. The molecule has 3 rings (SSSR count). The van der Waals surface area contributed by atoms with E-state index in [1.165, 1.54) is 16.7 Å². The van der Waals surface area contributed by atoms with Gasteiger partial charge in [0.1, 0.15) is 12.3 Å². The monoisotopic (exact) mass is 461 g/mol. The van der Waals surface area contributed by atoms with E-state index in [0.29, 0.717) is 18.5 Å². The van der Waals surface area contributed by atoms with Crippen LogP contribution in [0.5, 0.6) is 5.75 Å². The van der Waals surface area contributed by atoms with Crippen molar-refractivity contribution in [1.29, 1.82) is 0 Å². The summed E-state index contributed by atoms with van der Waals surface area (Å²) >= 11 is 0. The van der Waals surface area contributed by atoms with Crippen molar-refractivity contribution < 1.29 is 27.8 Å². The Morgan fingerprint density at radius 1 is 1.03 bits per heavy atom. The number of hydrogen-bond donors (Lipinski definition) is 1. The van der Waals surface area contributed by atoms with Crippen LogP contribution in [0.3, 0.4) is 0 Å². The number of alkyl halides is 2. The van der Waals surface area contributed by atoms with Gasteiger partial charge in [0, 0.05) is 13.1 Å². The SMILES string of the molecule is CCCn1c(=O)n(CC(=O)OCC(=O)NCCc2ccc(OC(F)F)cc2)c2ccccc21. The summed E-state index contributed by atoms with van der Waals surface area (Å²) in [5.74, 6) is -1.12. The lowest BCUT2D eigenvalue weighted by molar-refractivity contribution is -0.149. The van der Waals surface area contributed by atoms with E-state index >= 15 is 0 Å². The molecule has 0 fully saturated rings. The van der Waals surface area contributed by atoms with E-state index in [2.05, 4.69) is 10.1 Å². The number of hydrogen-bond acceptors (Lipinski definition) is 5. The Hall–Kier alpha value is -3.69. The summed E-state index contributed by atoms with van der Waals surface area (Å²) in [5, 5.41) is 2.62. The number of ether oxygens (including phenoxy) is 2. The quantitative estimate of drug-likeness (QED) is 0.444. The number of fused-ring (bicyclic) bond motifs is 1. The molecule has 8 nitrogen and oxygen atoms in total. The fourth-order valence-corrected chi connectivity index (χ4v) is 3.42. The predicted octanol–water partition coefficient (Wildman–Crippen LogP) is 2.72. The molecular weight excluding hydrogens is 436 g/mol. The normalized spacial score (nSPS) is 11.0. The summed E-state index contributed by atoms with van der Waals surface area (Å²) in [7, 11) is 0. The first-order valence-electron chi connectivity index (χ1n) is 10.5. The van der Waals surface area contributed by atoms with Crippen molar-refractivity contribution in [2.45, 2.75) is 39.5 Å². The molecule has 176 valence electrons. The topological polar surface area (TPSA) is 91.6 Å². The molecule has 1 heterocycles. The van der Waals surface area contributed by atoms with Crippen LogP contribution >= 0.6 is 0 Å². The van der Waals surface area contributed by atoms with E-state index in [1.807, 2.05) is 19.1 Å². The van der Waals surface area contributed by atoms with Gasteiger partial charge in [0.05, 0.1) is 11.0 Å². The fraction of sp³-hybridized carbons (Fsp3) is 0.348. The van der Waals surface area contributed by atoms with Crippen molar-refractivity contribution in [3.8, 4) is 5.75 Å². The highest BCUT2D eigenvalue weighted by atomic mass is 19.3. The second-order valence-corrected chi connectivity index (χ2v) is 7.29. The van der Waals surface area contributed by atoms with Crippen LogP contribution in [-0.4, -0.2) is 40.8 Å². The largest absolute Gasteiger partial charge is 0.454 e. The molecule has 2 aromatic carbocycles. The molecule has 0 aliphatic carbocycles. The molecule has 3 aromatic rings. The summed E-state index contributed by atoms with van der Waals surface area (Å²) in [6.45, 7) is -0.881. The van der Waals surface area contributed by atoms with Gasteiger partial charge in [-0.15, -0.1) is 0 Å². The first-order valence-corrected chi connectivity index (χ1v) is 10.5. The number of aromatic nitrogens is 2. The molecule has 0 unspecified atom stereocenters. The maximum atomic E-state index is 12.7. The molecule has 33 heavy (non-hydrogen) atoms. The van der Waals surface area contributed by atoms with Crippen molar-refractivity contribution in [3.05, 3.63) is 64.6 Å². The third kappa shape index (κ3) is 6.41. The van der Waals surface area contributed by atoms with Crippen molar-refractivity contribution >= 4 is 22.9 Å². The maximum Gasteiger partial charge on any atom is 0.387 e. The number of imidazole rings is 1. The molecule has 0 aliphatic rings.